The first-order chi connectivity index (χ1) is 5.72. The number of ether oxygens (including phenoxy) is 1. The zero-order valence-electron chi connectivity index (χ0n) is 7.28. The molecule has 0 aliphatic heterocycles. The lowest BCUT2D eigenvalue weighted by atomic mass is 10.2. The van der Waals surface area contributed by atoms with Crippen LogP contribution in [0, 0.1) is 5.92 Å². The van der Waals surface area contributed by atoms with Crippen molar-refractivity contribution in [1.29, 1.82) is 0 Å². The fourth-order valence-electron chi connectivity index (χ4n) is 0.689. The molecule has 1 N–H and O–H groups in total. The summed E-state index contributed by atoms with van der Waals surface area (Å²) in [5.74, 6) is 1.32. The van der Waals surface area contributed by atoms with E-state index in [1.807, 2.05) is 13.8 Å². The molecule has 1 aromatic rings. The van der Waals surface area contributed by atoms with Crippen molar-refractivity contribution in [2.75, 3.05) is 6.61 Å². The van der Waals surface area contributed by atoms with Gasteiger partial charge in [0.05, 0.1) is 6.61 Å². The lowest BCUT2D eigenvalue weighted by Gasteiger charge is -2.03. The van der Waals surface area contributed by atoms with Gasteiger partial charge in [-0.05, 0) is 11.1 Å². The van der Waals surface area contributed by atoms with Crippen molar-refractivity contribution in [3.05, 3.63) is 11.8 Å². The smallest absolute Gasteiger partial charge is 0.254 e. The van der Waals surface area contributed by atoms with E-state index in [1.54, 1.807) is 6.07 Å². The van der Waals surface area contributed by atoms with Crippen molar-refractivity contribution in [3.63, 3.8) is 0 Å². The van der Waals surface area contributed by atoms with E-state index in [0.29, 0.717) is 24.2 Å². The first-order valence-electron chi connectivity index (χ1n) is 3.91. The van der Waals surface area contributed by atoms with Gasteiger partial charge in [0, 0.05) is 6.07 Å². The first-order valence-corrected chi connectivity index (χ1v) is 3.91. The average molecular weight is 171 g/mol. The summed E-state index contributed by atoms with van der Waals surface area (Å²) in [5.41, 5.74) is 0. The van der Waals surface area contributed by atoms with Gasteiger partial charge in [0.15, 0.2) is 5.76 Å². The third-order valence-corrected chi connectivity index (χ3v) is 1.26. The van der Waals surface area contributed by atoms with Crippen LogP contribution in [0.25, 0.3) is 0 Å². The molecule has 4 heteroatoms. The van der Waals surface area contributed by atoms with E-state index in [4.69, 9.17) is 14.4 Å². The number of nitrogens with zero attached hydrogens (tertiary/aromatic N) is 1. The molecule has 1 aromatic heterocycles. The summed E-state index contributed by atoms with van der Waals surface area (Å²) in [4.78, 5) is 0. The lowest BCUT2D eigenvalue weighted by Crippen LogP contribution is -2.04. The summed E-state index contributed by atoms with van der Waals surface area (Å²) in [6.07, 6.45) is 0. The molecule has 0 radical (unpaired) electrons. The van der Waals surface area contributed by atoms with Crippen molar-refractivity contribution < 1.29 is 14.4 Å². The number of aliphatic hydroxyl groups is 1. The monoisotopic (exact) mass is 171 g/mol. The highest BCUT2D eigenvalue weighted by atomic mass is 16.5. The molecule has 0 bridgehead atoms. The van der Waals surface area contributed by atoms with Crippen molar-refractivity contribution in [2.45, 2.75) is 20.5 Å². The number of aliphatic hydroxyl groups excluding tert-OH is 1. The highest BCUT2D eigenvalue weighted by Gasteiger charge is 2.03. The molecule has 1 heterocycles. The Balaban J connectivity index is 2.41. The van der Waals surface area contributed by atoms with Crippen molar-refractivity contribution in [1.82, 2.24) is 5.16 Å². The van der Waals surface area contributed by atoms with Crippen LogP contribution < -0.4 is 4.74 Å². The molecule has 0 aliphatic rings. The number of aromatic nitrogens is 1. The van der Waals surface area contributed by atoms with Gasteiger partial charge in [-0.2, -0.15) is 0 Å². The molecule has 0 amide bonds. The Morgan fingerprint density at radius 3 is 2.92 bits per heavy atom. The first kappa shape index (κ1) is 9.06. The Morgan fingerprint density at radius 2 is 2.42 bits per heavy atom. The fraction of sp³-hybridized carbons (Fsp3) is 0.625. The van der Waals surface area contributed by atoms with Gasteiger partial charge in [-0.3, -0.25) is 0 Å². The Labute approximate surface area is 71.1 Å². The molecule has 0 saturated heterocycles. The van der Waals surface area contributed by atoms with E-state index in [1.165, 1.54) is 0 Å². The second-order valence-corrected chi connectivity index (χ2v) is 2.99. The molecule has 0 aromatic carbocycles. The summed E-state index contributed by atoms with van der Waals surface area (Å²) >= 11 is 0. The van der Waals surface area contributed by atoms with Crippen molar-refractivity contribution in [2.24, 2.45) is 5.92 Å². The highest BCUT2D eigenvalue weighted by Crippen LogP contribution is 2.11. The van der Waals surface area contributed by atoms with Gasteiger partial charge in [0.25, 0.3) is 5.88 Å². The SMILES string of the molecule is CC(C)COc1cc(CO)on1. The van der Waals surface area contributed by atoms with Crippen molar-refractivity contribution >= 4 is 0 Å². The largest absolute Gasteiger partial charge is 0.475 e. The Morgan fingerprint density at radius 1 is 1.67 bits per heavy atom. The number of hydrogen-bond donors (Lipinski definition) is 1. The van der Waals surface area contributed by atoms with Crippen LogP contribution in [0.3, 0.4) is 0 Å². The van der Waals surface area contributed by atoms with Gasteiger partial charge in [0.2, 0.25) is 0 Å². The van der Waals surface area contributed by atoms with E-state index in [0.717, 1.165) is 0 Å². The molecule has 0 spiro atoms. The van der Waals surface area contributed by atoms with E-state index in [-0.39, 0.29) is 6.61 Å². The molecule has 1 rings (SSSR count). The molecule has 0 fully saturated rings. The molecule has 0 aliphatic carbocycles. The second kappa shape index (κ2) is 4.11. The zero-order valence-corrected chi connectivity index (χ0v) is 7.28. The summed E-state index contributed by atoms with van der Waals surface area (Å²) < 4.78 is 9.96. The summed E-state index contributed by atoms with van der Waals surface area (Å²) in [6.45, 7) is 4.56. The van der Waals surface area contributed by atoms with Crippen LogP contribution >= 0.6 is 0 Å². The predicted molar refractivity (Wildman–Crippen MR) is 42.8 cm³/mol. The van der Waals surface area contributed by atoms with Gasteiger partial charge in [-0.25, -0.2) is 0 Å². The van der Waals surface area contributed by atoms with E-state index in [9.17, 15) is 0 Å². The minimum absolute atomic E-state index is 0.141. The minimum Gasteiger partial charge on any atom is -0.475 e. The van der Waals surface area contributed by atoms with Gasteiger partial charge >= 0.3 is 0 Å². The maximum Gasteiger partial charge on any atom is 0.254 e. The number of rotatable bonds is 4. The van der Waals surface area contributed by atoms with Crippen LogP contribution in [0.5, 0.6) is 5.88 Å². The van der Waals surface area contributed by atoms with Gasteiger partial charge in [-0.1, -0.05) is 13.8 Å². The highest BCUT2D eigenvalue weighted by molar-refractivity contribution is 5.09. The molecule has 0 atom stereocenters. The third kappa shape index (κ3) is 2.54. The van der Waals surface area contributed by atoms with Gasteiger partial charge in [-0.15, -0.1) is 0 Å². The van der Waals surface area contributed by atoms with Gasteiger partial charge < -0.3 is 14.4 Å². The molecule has 0 saturated carbocycles. The van der Waals surface area contributed by atoms with Crippen LogP contribution in [0.1, 0.15) is 19.6 Å². The summed E-state index contributed by atoms with van der Waals surface area (Å²) in [5, 5.41) is 12.2. The molecule has 68 valence electrons. The van der Waals surface area contributed by atoms with Crippen LogP contribution in [0.2, 0.25) is 0 Å². The number of hydrogen-bond acceptors (Lipinski definition) is 4. The Bertz CT molecular complexity index is 232. The summed E-state index contributed by atoms with van der Waals surface area (Å²) in [6, 6.07) is 1.59. The molecular weight excluding hydrogens is 158 g/mol. The van der Waals surface area contributed by atoms with Crippen molar-refractivity contribution in [3.8, 4) is 5.88 Å². The van der Waals surface area contributed by atoms with Crippen LogP contribution in [0.4, 0.5) is 0 Å². The molecule has 4 nitrogen and oxygen atoms in total. The normalized spacial score (nSPS) is 10.7. The maximum absolute atomic E-state index is 8.64. The Kier molecular flexibility index (Phi) is 3.10. The summed E-state index contributed by atoms with van der Waals surface area (Å²) in [7, 11) is 0. The predicted octanol–water partition coefficient (Wildman–Crippen LogP) is 1.20. The third-order valence-electron chi connectivity index (χ3n) is 1.26. The van der Waals surface area contributed by atoms with E-state index < -0.39 is 0 Å². The standard InChI is InChI=1S/C8H13NO3/c1-6(2)5-11-8-3-7(4-10)12-9-8/h3,6,10H,4-5H2,1-2H3. The quantitative estimate of drug-likeness (QED) is 0.739. The second-order valence-electron chi connectivity index (χ2n) is 2.99. The molecule has 12 heavy (non-hydrogen) atoms. The lowest BCUT2D eigenvalue weighted by molar-refractivity contribution is 0.217. The molecule has 0 unspecified atom stereocenters. The fourth-order valence-corrected chi connectivity index (χ4v) is 0.689. The molecular formula is C8H13NO3. The van der Waals surface area contributed by atoms with Crippen LogP contribution in [0.15, 0.2) is 10.6 Å². The maximum atomic E-state index is 8.64. The average Bonchev–Trinajstić information content (AvgIpc) is 2.48. The topological polar surface area (TPSA) is 55.5 Å². The van der Waals surface area contributed by atoms with Gasteiger partial charge in [0.1, 0.15) is 6.61 Å². The minimum atomic E-state index is -0.141. The van der Waals surface area contributed by atoms with E-state index in [2.05, 4.69) is 5.16 Å². The van der Waals surface area contributed by atoms with Crippen LogP contribution in [-0.2, 0) is 6.61 Å². The zero-order chi connectivity index (χ0) is 8.97. The Hall–Kier alpha value is -1.03. The van der Waals surface area contributed by atoms with E-state index >= 15 is 0 Å². The van der Waals surface area contributed by atoms with Crippen LogP contribution in [-0.4, -0.2) is 16.9 Å².